The van der Waals surface area contributed by atoms with Gasteiger partial charge in [-0.05, 0) is 13.3 Å². The molecule has 3 heteroatoms. The van der Waals surface area contributed by atoms with E-state index >= 15 is 0 Å². The first-order chi connectivity index (χ1) is 4.74. The molecular weight excluding hydrogens is 132 g/mol. The van der Waals surface area contributed by atoms with Crippen LogP contribution in [0.4, 0.5) is 0 Å². The lowest BCUT2D eigenvalue weighted by Gasteiger charge is -2.30. The van der Waals surface area contributed by atoms with Crippen molar-refractivity contribution in [1.82, 2.24) is 0 Å². The number of hydrogen-bond donors (Lipinski definition) is 1. The quantitative estimate of drug-likeness (QED) is 0.586. The number of hydrogen-bond acceptors (Lipinski definition) is 3. The molecule has 10 heavy (non-hydrogen) atoms. The Balaban J connectivity index is 2.36. The lowest BCUT2D eigenvalue weighted by atomic mass is 10.1. The van der Waals surface area contributed by atoms with E-state index in [2.05, 4.69) is 0 Å². The van der Waals surface area contributed by atoms with E-state index in [9.17, 15) is 0 Å². The summed E-state index contributed by atoms with van der Waals surface area (Å²) in [4.78, 5) is 0. The van der Waals surface area contributed by atoms with Gasteiger partial charge in [-0.1, -0.05) is 0 Å². The fourth-order valence-corrected chi connectivity index (χ4v) is 1.25. The minimum Gasteiger partial charge on any atom is -0.379 e. The van der Waals surface area contributed by atoms with E-state index in [-0.39, 0.29) is 12.2 Å². The van der Waals surface area contributed by atoms with Crippen LogP contribution in [0.1, 0.15) is 19.8 Å². The molecule has 0 bridgehead atoms. The van der Waals surface area contributed by atoms with Crippen LogP contribution >= 0.6 is 0 Å². The molecule has 0 saturated carbocycles. The molecule has 60 valence electrons. The number of aliphatic hydroxyl groups excluding tert-OH is 1. The zero-order valence-electron chi connectivity index (χ0n) is 6.41. The maximum Gasteiger partial charge on any atom is 0.155 e. The first kappa shape index (κ1) is 7.98. The van der Waals surface area contributed by atoms with Crippen LogP contribution < -0.4 is 0 Å². The van der Waals surface area contributed by atoms with E-state index in [1.807, 2.05) is 6.92 Å². The summed E-state index contributed by atoms with van der Waals surface area (Å²) in [5, 5.41) is 9.02. The summed E-state index contributed by atoms with van der Waals surface area (Å²) in [5.41, 5.74) is 0. The topological polar surface area (TPSA) is 38.7 Å². The number of ether oxygens (including phenoxy) is 2. The SMILES string of the molecule is CO[C@@H]1CCC(O)O[C@H]1C. The van der Waals surface area contributed by atoms with Crippen molar-refractivity contribution in [3.63, 3.8) is 0 Å². The van der Waals surface area contributed by atoms with Crippen molar-refractivity contribution in [3.8, 4) is 0 Å². The minimum absolute atomic E-state index is 0.0220. The third-order valence-corrected chi connectivity index (χ3v) is 1.90. The van der Waals surface area contributed by atoms with E-state index in [4.69, 9.17) is 14.6 Å². The van der Waals surface area contributed by atoms with E-state index in [1.165, 1.54) is 0 Å². The second-order valence-electron chi connectivity index (χ2n) is 2.65. The second-order valence-corrected chi connectivity index (χ2v) is 2.65. The minimum atomic E-state index is -0.582. The van der Waals surface area contributed by atoms with Crippen molar-refractivity contribution < 1.29 is 14.6 Å². The Morgan fingerprint density at radius 1 is 1.50 bits per heavy atom. The molecule has 1 aliphatic rings. The molecule has 1 aliphatic heterocycles. The summed E-state index contributed by atoms with van der Waals surface area (Å²) >= 11 is 0. The summed E-state index contributed by atoms with van der Waals surface area (Å²) in [6.07, 6.45) is 1.17. The van der Waals surface area contributed by atoms with Crippen molar-refractivity contribution in [2.75, 3.05) is 7.11 Å². The monoisotopic (exact) mass is 146 g/mol. The van der Waals surface area contributed by atoms with Crippen LogP contribution in [0.25, 0.3) is 0 Å². The Labute approximate surface area is 60.9 Å². The zero-order chi connectivity index (χ0) is 7.56. The van der Waals surface area contributed by atoms with Crippen LogP contribution in [0.5, 0.6) is 0 Å². The highest BCUT2D eigenvalue weighted by Gasteiger charge is 2.26. The molecule has 0 radical (unpaired) electrons. The van der Waals surface area contributed by atoms with Gasteiger partial charge >= 0.3 is 0 Å². The molecule has 0 aromatic heterocycles. The molecule has 0 aliphatic carbocycles. The molecule has 1 fully saturated rings. The molecule has 0 aromatic carbocycles. The molecule has 3 atom stereocenters. The third kappa shape index (κ3) is 1.68. The van der Waals surface area contributed by atoms with E-state index in [0.29, 0.717) is 6.42 Å². The fraction of sp³-hybridized carbons (Fsp3) is 1.00. The summed E-state index contributed by atoms with van der Waals surface area (Å²) in [6.45, 7) is 1.91. The van der Waals surface area contributed by atoms with Crippen molar-refractivity contribution in [3.05, 3.63) is 0 Å². The lowest BCUT2D eigenvalue weighted by Crippen LogP contribution is -2.37. The van der Waals surface area contributed by atoms with Crippen molar-refractivity contribution in [2.45, 2.75) is 38.3 Å². The van der Waals surface area contributed by atoms with Gasteiger partial charge in [-0.25, -0.2) is 0 Å². The zero-order valence-corrected chi connectivity index (χ0v) is 6.41. The maximum atomic E-state index is 9.02. The summed E-state index contributed by atoms with van der Waals surface area (Å²) in [5.74, 6) is 0. The molecule has 1 saturated heterocycles. The third-order valence-electron chi connectivity index (χ3n) is 1.90. The van der Waals surface area contributed by atoms with Crippen LogP contribution in [0.3, 0.4) is 0 Å². The lowest BCUT2D eigenvalue weighted by molar-refractivity contribution is -0.198. The van der Waals surface area contributed by atoms with Gasteiger partial charge in [0.1, 0.15) is 0 Å². The van der Waals surface area contributed by atoms with Crippen molar-refractivity contribution >= 4 is 0 Å². The van der Waals surface area contributed by atoms with Gasteiger partial charge in [0.05, 0.1) is 12.2 Å². The van der Waals surface area contributed by atoms with Gasteiger partial charge in [0.2, 0.25) is 0 Å². The number of rotatable bonds is 1. The molecule has 1 N–H and O–H groups in total. The average molecular weight is 146 g/mol. The van der Waals surface area contributed by atoms with Crippen LogP contribution in [-0.2, 0) is 9.47 Å². The molecule has 0 spiro atoms. The van der Waals surface area contributed by atoms with Gasteiger partial charge < -0.3 is 14.6 Å². The first-order valence-corrected chi connectivity index (χ1v) is 3.60. The summed E-state index contributed by atoms with van der Waals surface area (Å²) in [7, 11) is 1.67. The normalized spacial score (nSPS) is 41.7. The molecule has 1 heterocycles. The second kappa shape index (κ2) is 3.32. The Hall–Kier alpha value is -0.120. The largest absolute Gasteiger partial charge is 0.379 e. The van der Waals surface area contributed by atoms with Gasteiger partial charge in [-0.15, -0.1) is 0 Å². The fourth-order valence-electron chi connectivity index (χ4n) is 1.25. The van der Waals surface area contributed by atoms with Crippen LogP contribution in [0, 0.1) is 0 Å². The van der Waals surface area contributed by atoms with Gasteiger partial charge in [-0.3, -0.25) is 0 Å². The Kier molecular flexibility index (Phi) is 2.65. The van der Waals surface area contributed by atoms with E-state index in [1.54, 1.807) is 7.11 Å². The number of methoxy groups -OCH3 is 1. The molecule has 1 rings (SSSR count). The molecule has 1 unspecified atom stereocenters. The standard InChI is InChI=1S/C7H14O3/c1-5-6(9-2)3-4-7(8)10-5/h5-8H,3-4H2,1-2H3/t5-,6+,7?/m0/s1. The Morgan fingerprint density at radius 3 is 2.70 bits per heavy atom. The van der Waals surface area contributed by atoms with E-state index in [0.717, 1.165) is 6.42 Å². The molecular formula is C7H14O3. The summed E-state index contributed by atoms with van der Waals surface area (Å²) < 4.78 is 10.2. The van der Waals surface area contributed by atoms with E-state index < -0.39 is 6.29 Å². The first-order valence-electron chi connectivity index (χ1n) is 3.60. The highest BCUT2D eigenvalue weighted by molar-refractivity contribution is 4.71. The molecule has 3 nitrogen and oxygen atoms in total. The van der Waals surface area contributed by atoms with Crippen molar-refractivity contribution in [2.24, 2.45) is 0 Å². The van der Waals surface area contributed by atoms with Gasteiger partial charge in [0.25, 0.3) is 0 Å². The van der Waals surface area contributed by atoms with Crippen LogP contribution in [0.15, 0.2) is 0 Å². The molecule has 0 aromatic rings. The van der Waals surface area contributed by atoms with Crippen LogP contribution in [0.2, 0.25) is 0 Å². The van der Waals surface area contributed by atoms with Crippen molar-refractivity contribution in [1.29, 1.82) is 0 Å². The highest BCUT2D eigenvalue weighted by atomic mass is 16.6. The highest BCUT2D eigenvalue weighted by Crippen LogP contribution is 2.19. The predicted octanol–water partition coefficient (Wildman–Crippen LogP) is 0.519. The maximum absolute atomic E-state index is 9.02. The van der Waals surface area contributed by atoms with Gasteiger partial charge in [0.15, 0.2) is 6.29 Å². The average Bonchev–Trinajstić information content (AvgIpc) is 1.88. The molecule has 0 amide bonds. The smallest absolute Gasteiger partial charge is 0.155 e. The summed E-state index contributed by atoms with van der Waals surface area (Å²) in [6, 6.07) is 0. The Morgan fingerprint density at radius 2 is 2.20 bits per heavy atom. The van der Waals surface area contributed by atoms with Gasteiger partial charge in [-0.2, -0.15) is 0 Å². The Bertz CT molecular complexity index is 105. The number of aliphatic hydroxyl groups is 1. The van der Waals surface area contributed by atoms with Gasteiger partial charge in [0, 0.05) is 13.5 Å². The van der Waals surface area contributed by atoms with Crippen LogP contribution in [-0.4, -0.2) is 30.7 Å². The predicted molar refractivity (Wildman–Crippen MR) is 36.6 cm³/mol.